The van der Waals surface area contributed by atoms with Crippen molar-refractivity contribution in [2.24, 2.45) is 0 Å². The fraction of sp³-hybridized carbons (Fsp3) is 0.654. The average molecular weight is 419 g/mol. The van der Waals surface area contributed by atoms with Gasteiger partial charge in [-0.05, 0) is 30.2 Å². The van der Waals surface area contributed by atoms with E-state index in [4.69, 9.17) is 4.74 Å². The van der Waals surface area contributed by atoms with E-state index < -0.39 is 0 Å². The number of unbranched alkanes of at least 4 members (excludes halogenated alkanes) is 14. The maximum atomic E-state index is 11.7. The van der Waals surface area contributed by atoms with Gasteiger partial charge in [0.1, 0.15) is 0 Å². The first kappa shape index (κ1) is 26.1. The third-order valence-corrected chi connectivity index (χ3v) is 5.40. The molecule has 0 saturated carbocycles. The molecule has 4 nitrogen and oxygen atoms in total. The molecule has 0 saturated heterocycles. The molecule has 0 radical (unpaired) electrons. The summed E-state index contributed by atoms with van der Waals surface area (Å²) >= 11 is 0. The molecule has 1 aromatic rings. The van der Waals surface area contributed by atoms with Crippen LogP contribution >= 0.6 is 0 Å². The lowest BCUT2D eigenvalue weighted by Gasteiger charge is -2.04. The Morgan fingerprint density at radius 1 is 0.767 bits per heavy atom. The summed E-state index contributed by atoms with van der Waals surface area (Å²) < 4.78 is 5.19. The molecule has 30 heavy (non-hydrogen) atoms. The molecule has 1 aromatic carbocycles. The van der Waals surface area contributed by atoms with Crippen molar-refractivity contribution in [3.63, 3.8) is 0 Å². The van der Waals surface area contributed by atoms with E-state index in [1.54, 1.807) is 12.1 Å². The van der Waals surface area contributed by atoms with Gasteiger partial charge in [0.25, 0.3) is 0 Å². The van der Waals surface area contributed by atoms with Crippen LogP contribution in [0.3, 0.4) is 0 Å². The van der Waals surface area contributed by atoms with Crippen molar-refractivity contribution in [3.8, 4) is 11.5 Å². The second-order valence-electron chi connectivity index (χ2n) is 8.20. The molecule has 4 heteroatoms. The lowest BCUT2D eigenvalue weighted by atomic mass is 10.0. The average Bonchev–Trinajstić information content (AvgIpc) is 2.74. The molecule has 0 heterocycles. The molecule has 0 bridgehead atoms. The number of esters is 1. The van der Waals surface area contributed by atoms with Gasteiger partial charge in [-0.3, -0.25) is 0 Å². The van der Waals surface area contributed by atoms with E-state index in [0.717, 1.165) is 12.8 Å². The number of hydrogen-bond acceptors (Lipinski definition) is 4. The molecule has 0 aromatic heterocycles. The normalized spacial score (nSPS) is 11.2. The lowest BCUT2D eigenvalue weighted by molar-refractivity contribution is -0.137. The van der Waals surface area contributed by atoms with Crippen LogP contribution in [-0.2, 0) is 9.53 Å². The van der Waals surface area contributed by atoms with Crippen LogP contribution in [0.1, 0.15) is 109 Å². The Bertz CT molecular complexity index is 595. The molecule has 170 valence electrons. The monoisotopic (exact) mass is 418 g/mol. The topological polar surface area (TPSA) is 66.8 Å². The quantitative estimate of drug-likeness (QED) is 0.112. The first-order chi connectivity index (χ1) is 14.6. The highest BCUT2D eigenvalue weighted by Gasteiger charge is 2.00. The number of aromatic hydroxyl groups is 2. The van der Waals surface area contributed by atoms with Crippen molar-refractivity contribution in [1.29, 1.82) is 0 Å². The molecular weight excluding hydrogens is 376 g/mol. The molecule has 0 fully saturated rings. The van der Waals surface area contributed by atoms with E-state index in [0.29, 0.717) is 12.2 Å². The highest BCUT2D eigenvalue weighted by molar-refractivity contribution is 5.87. The fourth-order valence-corrected chi connectivity index (χ4v) is 3.50. The number of ether oxygens (including phenoxy) is 1. The summed E-state index contributed by atoms with van der Waals surface area (Å²) in [7, 11) is 0. The van der Waals surface area contributed by atoms with Crippen molar-refractivity contribution < 1.29 is 19.7 Å². The summed E-state index contributed by atoms with van der Waals surface area (Å²) in [6, 6.07) is 4.40. The Balaban J connectivity index is 1.87. The van der Waals surface area contributed by atoms with Gasteiger partial charge in [0.05, 0.1) is 6.61 Å². The van der Waals surface area contributed by atoms with E-state index in [1.165, 1.54) is 102 Å². The molecule has 0 spiro atoms. The zero-order valence-electron chi connectivity index (χ0n) is 18.9. The Morgan fingerprint density at radius 2 is 1.27 bits per heavy atom. The van der Waals surface area contributed by atoms with Crippen LogP contribution in [0.4, 0.5) is 0 Å². The zero-order chi connectivity index (χ0) is 21.9. The van der Waals surface area contributed by atoms with Crippen LogP contribution in [0.15, 0.2) is 24.3 Å². The van der Waals surface area contributed by atoms with Gasteiger partial charge in [-0.2, -0.15) is 0 Å². The van der Waals surface area contributed by atoms with Gasteiger partial charge in [-0.25, -0.2) is 4.79 Å². The molecule has 0 amide bonds. The van der Waals surface area contributed by atoms with Crippen molar-refractivity contribution >= 4 is 12.0 Å². The van der Waals surface area contributed by atoms with Gasteiger partial charge >= 0.3 is 5.97 Å². The summed E-state index contributed by atoms with van der Waals surface area (Å²) in [5, 5.41) is 18.7. The second kappa shape index (κ2) is 17.9. The van der Waals surface area contributed by atoms with Gasteiger partial charge < -0.3 is 14.9 Å². The molecule has 0 aliphatic rings. The standard InChI is InChI=1S/C26H42O4/c1-2-3-4-5-6-7-8-9-10-11-12-13-14-15-16-21-30-26(29)20-18-23-17-19-24(27)25(28)22-23/h17-20,22,27-28H,2-16,21H2,1H3/b20-18+. The highest BCUT2D eigenvalue weighted by Crippen LogP contribution is 2.25. The first-order valence-corrected chi connectivity index (χ1v) is 12.0. The maximum Gasteiger partial charge on any atom is 0.330 e. The smallest absolute Gasteiger partial charge is 0.330 e. The van der Waals surface area contributed by atoms with Gasteiger partial charge in [0.15, 0.2) is 11.5 Å². The van der Waals surface area contributed by atoms with Crippen LogP contribution in [0.5, 0.6) is 11.5 Å². The number of hydrogen-bond donors (Lipinski definition) is 2. The SMILES string of the molecule is CCCCCCCCCCCCCCCCCOC(=O)/C=C/c1ccc(O)c(O)c1. The summed E-state index contributed by atoms with van der Waals surface area (Å²) in [6.07, 6.45) is 22.6. The molecule has 2 N–H and O–H groups in total. The highest BCUT2D eigenvalue weighted by atomic mass is 16.5. The molecule has 0 aliphatic carbocycles. The molecule has 0 unspecified atom stereocenters. The predicted octanol–water partition coefficient (Wildman–Crippen LogP) is 7.53. The number of phenols is 2. The Labute approximate surface area is 183 Å². The Hall–Kier alpha value is -1.97. The van der Waals surface area contributed by atoms with Gasteiger partial charge in [0.2, 0.25) is 0 Å². The molecular formula is C26H42O4. The van der Waals surface area contributed by atoms with E-state index in [1.807, 2.05) is 0 Å². The molecule has 0 atom stereocenters. The van der Waals surface area contributed by atoms with Crippen molar-refractivity contribution in [2.75, 3.05) is 6.61 Å². The van der Waals surface area contributed by atoms with E-state index in [9.17, 15) is 15.0 Å². The van der Waals surface area contributed by atoms with Gasteiger partial charge in [0, 0.05) is 6.08 Å². The van der Waals surface area contributed by atoms with Crippen LogP contribution in [0.2, 0.25) is 0 Å². The van der Waals surface area contributed by atoms with E-state index >= 15 is 0 Å². The van der Waals surface area contributed by atoms with Crippen molar-refractivity contribution in [2.45, 2.75) is 103 Å². The van der Waals surface area contributed by atoms with E-state index in [2.05, 4.69) is 6.92 Å². The summed E-state index contributed by atoms with van der Waals surface area (Å²) in [6.45, 7) is 2.71. The fourth-order valence-electron chi connectivity index (χ4n) is 3.50. The lowest BCUT2D eigenvalue weighted by Crippen LogP contribution is -2.02. The number of phenolic OH excluding ortho intramolecular Hbond substituents is 2. The third-order valence-electron chi connectivity index (χ3n) is 5.40. The minimum absolute atomic E-state index is 0.178. The van der Waals surface area contributed by atoms with Crippen LogP contribution in [0, 0.1) is 0 Å². The summed E-state index contributed by atoms with van der Waals surface area (Å²) in [4.78, 5) is 11.7. The Morgan fingerprint density at radius 3 is 1.77 bits per heavy atom. The van der Waals surface area contributed by atoms with Gasteiger partial charge in [-0.1, -0.05) is 103 Å². The second-order valence-corrected chi connectivity index (χ2v) is 8.20. The summed E-state index contributed by atoms with van der Waals surface area (Å²) in [5.74, 6) is -0.765. The van der Waals surface area contributed by atoms with Crippen LogP contribution < -0.4 is 0 Å². The number of benzene rings is 1. The predicted molar refractivity (Wildman–Crippen MR) is 125 cm³/mol. The Kier molecular flexibility index (Phi) is 15.5. The van der Waals surface area contributed by atoms with Crippen LogP contribution in [-0.4, -0.2) is 22.8 Å². The first-order valence-electron chi connectivity index (χ1n) is 12.0. The number of rotatable bonds is 18. The molecule has 1 rings (SSSR count). The van der Waals surface area contributed by atoms with Gasteiger partial charge in [-0.15, -0.1) is 0 Å². The minimum atomic E-state index is -0.382. The van der Waals surface area contributed by atoms with Crippen LogP contribution in [0.25, 0.3) is 6.08 Å². The van der Waals surface area contributed by atoms with Crippen molar-refractivity contribution in [3.05, 3.63) is 29.8 Å². The third kappa shape index (κ3) is 14.1. The largest absolute Gasteiger partial charge is 0.504 e. The number of carbonyl (C=O) groups excluding carboxylic acids is 1. The number of carbonyl (C=O) groups is 1. The van der Waals surface area contributed by atoms with Crippen molar-refractivity contribution in [1.82, 2.24) is 0 Å². The maximum absolute atomic E-state index is 11.7. The zero-order valence-corrected chi connectivity index (χ0v) is 18.9. The summed E-state index contributed by atoms with van der Waals surface area (Å²) in [5.41, 5.74) is 0.634. The van der Waals surface area contributed by atoms with E-state index in [-0.39, 0.29) is 17.5 Å². The molecule has 0 aliphatic heterocycles. The minimum Gasteiger partial charge on any atom is -0.504 e.